The second-order valence-corrected chi connectivity index (χ2v) is 5.48. The van der Waals surface area contributed by atoms with Crippen LogP contribution in [0.25, 0.3) is 0 Å². The number of hydrogen-bond donors (Lipinski definition) is 1. The molecule has 17 heavy (non-hydrogen) atoms. The van der Waals surface area contributed by atoms with Crippen molar-refractivity contribution in [2.45, 2.75) is 38.3 Å². The summed E-state index contributed by atoms with van der Waals surface area (Å²) in [7, 11) is 0. The molecule has 2 unspecified atom stereocenters. The number of carbonyl (C=O) groups is 1. The number of halogens is 1. The van der Waals surface area contributed by atoms with Crippen molar-refractivity contribution in [1.29, 1.82) is 0 Å². The Morgan fingerprint density at radius 3 is 2.88 bits per heavy atom. The number of hydrogen-bond acceptors (Lipinski definition) is 3. The minimum atomic E-state index is -0.779. The molecule has 0 aromatic carbocycles. The summed E-state index contributed by atoms with van der Waals surface area (Å²) in [5.74, 6) is 0.0405. The molecule has 94 valence electrons. The van der Waals surface area contributed by atoms with E-state index in [1.54, 1.807) is 6.92 Å². The van der Waals surface area contributed by atoms with Crippen LogP contribution in [0.3, 0.4) is 0 Å². The van der Waals surface area contributed by atoms with Crippen molar-refractivity contribution in [3.05, 3.63) is 22.6 Å². The third-order valence-electron chi connectivity index (χ3n) is 3.63. The van der Waals surface area contributed by atoms with Gasteiger partial charge in [0.1, 0.15) is 11.3 Å². The van der Waals surface area contributed by atoms with Gasteiger partial charge < -0.3 is 9.52 Å². The first-order valence-electron chi connectivity index (χ1n) is 5.70. The third-order valence-corrected chi connectivity index (χ3v) is 4.06. The SMILES string of the molecule is CC(c1ccc(Br)o1)N1CCCC1(C)C(=O)O. The van der Waals surface area contributed by atoms with E-state index in [9.17, 15) is 9.90 Å². The van der Waals surface area contributed by atoms with Crippen LogP contribution in [-0.2, 0) is 4.79 Å². The van der Waals surface area contributed by atoms with Gasteiger partial charge in [0.15, 0.2) is 4.67 Å². The van der Waals surface area contributed by atoms with Gasteiger partial charge in [-0.3, -0.25) is 9.69 Å². The van der Waals surface area contributed by atoms with Gasteiger partial charge in [-0.25, -0.2) is 0 Å². The van der Waals surface area contributed by atoms with Gasteiger partial charge in [-0.1, -0.05) is 0 Å². The van der Waals surface area contributed by atoms with Crippen LogP contribution in [0.1, 0.15) is 38.5 Å². The molecule has 0 aliphatic carbocycles. The summed E-state index contributed by atoms with van der Waals surface area (Å²) in [6, 6.07) is 3.69. The van der Waals surface area contributed by atoms with Crippen LogP contribution in [0.2, 0.25) is 0 Å². The maximum Gasteiger partial charge on any atom is 0.323 e. The molecule has 0 radical (unpaired) electrons. The molecule has 0 bridgehead atoms. The molecule has 5 heteroatoms. The zero-order valence-corrected chi connectivity index (χ0v) is 11.5. The molecule has 1 aromatic heterocycles. The van der Waals surface area contributed by atoms with Gasteiger partial charge in [0.2, 0.25) is 0 Å². The Kier molecular flexibility index (Phi) is 3.32. The average Bonchev–Trinajstić information content (AvgIpc) is 2.85. The van der Waals surface area contributed by atoms with Crippen molar-refractivity contribution in [2.75, 3.05) is 6.54 Å². The molecule has 1 aromatic rings. The van der Waals surface area contributed by atoms with Crippen LogP contribution in [-0.4, -0.2) is 28.1 Å². The van der Waals surface area contributed by atoms with Crippen LogP contribution in [0.5, 0.6) is 0 Å². The predicted octanol–water partition coefficient (Wildman–Crippen LogP) is 3.04. The molecule has 0 saturated carbocycles. The molecule has 2 atom stereocenters. The van der Waals surface area contributed by atoms with E-state index in [4.69, 9.17) is 4.42 Å². The summed E-state index contributed by atoms with van der Waals surface area (Å²) < 4.78 is 6.19. The number of carboxylic acid groups (broad SMARTS) is 1. The lowest BCUT2D eigenvalue weighted by Crippen LogP contribution is -2.48. The first kappa shape index (κ1) is 12.6. The topological polar surface area (TPSA) is 53.7 Å². The zero-order chi connectivity index (χ0) is 12.6. The number of likely N-dealkylation sites (tertiary alicyclic amines) is 1. The van der Waals surface area contributed by atoms with Crippen LogP contribution in [0.15, 0.2) is 21.2 Å². The monoisotopic (exact) mass is 301 g/mol. The lowest BCUT2D eigenvalue weighted by Gasteiger charge is -2.35. The number of carboxylic acids is 1. The highest BCUT2D eigenvalue weighted by Crippen LogP contribution is 2.37. The van der Waals surface area contributed by atoms with Crippen molar-refractivity contribution >= 4 is 21.9 Å². The number of nitrogens with zero attached hydrogens (tertiary/aromatic N) is 1. The minimum absolute atomic E-state index is 0.0232. The van der Waals surface area contributed by atoms with Gasteiger partial charge in [0, 0.05) is 6.54 Å². The van der Waals surface area contributed by atoms with E-state index in [-0.39, 0.29) is 6.04 Å². The molecule has 4 nitrogen and oxygen atoms in total. The Bertz CT molecular complexity index is 431. The highest BCUT2D eigenvalue weighted by Gasteiger charge is 2.46. The highest BCUT2D eigenvalue weighted by molar-refractivity contribution is 9.10. The summed E-state index contributed by atoms with van der Waals surface area (Å²) in [5, 5.41) is 9.36. The smallest absolute Gasteiger partial charge is 0.323 e. The molecule has 1 aliphatic rings. The largest absolute Gasteiger partial charge is 0.480 e. The normalized spacial score (nSPS) is 27.2. The second kappa shape index (κ2) is 4.46. The molecular formula is C12H16BrNO3. The summed E-state index contributed by atoms with van der Waals surface area (Å²) in [6.45, 7) is 4.57. The van der Waals surface area contributed by atoms with Gasteiger partial charge in [0.05, 0.1) is 6.04 Å². The third kappa shape index (κ3) is 2.13. The molecule has 0 spiro atoms. The predicted molar refractivity (Wildman–Crippen MR) is 66.8 cm³/mol. The van der Waals surface area contributed by atoms with Crippen molar-refractivity contribution in [1.82, 2.24) is 4.90 Å². The average molecular weight is 302 g/mol. The second-order valence-electron chi connectivity index (χ2n) is 4.69. The lowest BCUT2D eigenvalue weighted by molar-refractivity contribution is -0.150. The first-order chi connectivity index (χ1) is 7.95. The Hall–Kier alpha value is -0.810. The van der Waals surface area contributed by atoms with E-state index in [1.165, 1.54) is 0 Å². The molecular weight excluding hydrogens is 286 g/mol. The minimum Gasteiger partial charge on any atom is -0.480 e. The highest BCUT2D eigenvalue weighted by atomic mass is 79.9. The summed E-state index contributed by atoms with van der Waals surface area (Å²) in [4.78, 5) is 13.4. The quantitative estimate of drug-likeness (QED) is 0.932. The summed E-state index contributed by atoms with van der Waals surface area (Å²) in [5.41, 5.74) is -0.779. The van der Waals surface area contributed by atoms with Crippen LogP contribution < -0.4 is 0 Å². The Morgan fingerprint density at radius 2 is 2.35 bits per heavy atom. The van der Waals surface area contributed by atoms with Crippen molar-refractivity contribution in [2.24, 2.45) is 0 Å². The molecule has 1 N–H and O–H groups in total. The van der Waals surface area contributed by atoms with E-state index in [2.05, 4.69) is 15.9 Å². The number of rotatable bonds is 3. The Balaban J connectivity index is 2.25. The zero-order valence-electron chi connectivity index (χ0n) is 9.94. The Labute approximate surface area is 109 Å². The van der Waals surface area contributed by atoms with E-state index in [0.29, 0.717) is 11.1 Å². The summed E-state index contributed by atoms with van der Waals surface area (Å²) >= 11 is 3.26. The molecule has 1 aliphatic heterocycles. The molecule has 2 heterocycles. The number of aliphatic carboxylic acids is 1. The van der Waals surface area contributed by atoms with E-state index in [1.807, 2.05) is 24.0 Å². The standard InChI is InChI=1S/C12H16BrNO3/c1-8(9-4-5-10(13)17-9)14-7-3-6-12(14,2)11(15)16/h4-5,8H,3,6-7H2,1-2H3,(H,15,16). The molecule has 2 rings (SSSR count). The number of furan rings is 1. The van der Waals surface area contributed by atoms with Gasteiger partial charge in [-0.05, 0) is 54.8 Å². The van der Waals surface area contributed by atoms with Crippen LogP contribution in [0, 0.1) is 0 Å². The van der Waals surface area contributed by atoms with Gasteiger partial charge >= 0.3 is 5.97 Å². The Morgan fingerprint density at radius 1 is 1.65 bits per heavy atom. The van der Waals surface area contributed by atoms with Crippen molar-refractivity contribution in [3.8, 4) is 0 Å². The maximum absolute atomic E-state index is 11.4. The van der Waals surface area contributed by atoms with Crippen molar-refractivity contribution in [3.63, 3.8) is 0 Å². The summed E-state index contributed by atoms with van der Waals surface area (Å²) in [6.07, 6.45) is 1.60. The van der Waals surface area contributed by atoms with Crippen molar-refractivity contribution < 1.29 is 14.3 Å². The van der Waals surface area contributed by atoms with Gasteiger partial charge in [-0.2, -0.15) is 0 Å². The van der Waals surface area contributed by atoms with Crippen LogP contribution in [0.4, 0.5) is 0 Å². The van der Waals surface area contributed by atoms with Crippen LogP contribution >= 0.6 is 15.9 Å². The van der Waals surface area contributed by atoms with E-state index >= 15 is 0 Å². The fourth-order valence-electron chi connectivity index (χ4n) is 2.54. The lowest BCUT2D eigenvalue weighted by atomic mass is 9.97. The van der Waals surface area contributed by atoms with E-state index in [0.717, 1.165) is 18.7 Å². The first-order valence-corrected chi connectivity index (χ1v) is 6.50. The molecule has 1 saturated heterocycles. The van der Waals surface area contributed by atoms with Gasteiger partial charge in [0.25, 0.3) is 0 Å². The molecule has 1 fully saturated rings. The van der Waals surface area contributed by atoms with Gasteiger partial charge in [-0.15, -0.1) is 0 Å². The fraction of sp³-hybridized carbons (Fsp3) is 0.583. The fourth-order valence-corrected chi connectivity index (χ4v) is 2.86. The maximum atomic E-state index is 11.4. The molecule has 0 amide bonds. The van der Waals surface area contributed by atoms with E-state index < -0.39 is 11.5 Å².